The van der Waals surface area contributed by atoms with Crippen LogP contribution in [0.5, 0.6) is 0 Å². The first-order chi connectivity index (χ1) is 6.34. The average molecular weight is 194 g/mol. The van der Waals surface area contributed by atoms with Gasteiger partial charge in [-0.15, -0.1) is 0 Å². The van der Waals surface area contributed by atoms with Crippen LogP contribution in [0.4, 0.5) is 0 Å². The molecule has 0 aromatic heterocycles. The van der Waals surface area contributed by atoms with Crippen LogP contribution in [0.3, 0.4) is 0 Å². The molecule has 0 aliphatic carbocycles. The average Bonchev–Trinajstić information content (AvgIpc) is 2.03. The monoisotopic (exact) mass is 194 g/mol. The minimum Gasteiger partial charge on any atom is -0.328 e. The van der Waals surface area contributed by atoms with Gasteiger partial charge in [0.2, 0.25) is 0 Å². The Morgan fingerprint density at radius 2 is 1.43 bits per heavy atom. The van der Waals surface area contributed by atoms with E-state index in [1.165, 1.54) is 5.56 Å². The third-order valence-corrected chi connectivity index (χ3v) is 1.52. The van der Waals surface area contributed by atoms with Crippen molar-refractivity contribution in [3.8, 4) is 0 Å². The van der Waals surface area contributed by atoms with Crippen molar-refractivity contribution in [2.24, 2.45) is 11.5 Å². The zero-order chi connectivity index (χ0) is 11.2. The molecule has 0 radical (unpaired) electrons. The smallest absolute Gasteiger partial charge is 0.0352 e. The lowest BCUT2D eigenvalue weighted by atomic mass is 9.96. The Hall–Kier alpha value is -0.860. The number of benzene rings is 1. The summed E-state index contributed by atoms with van der Waals surface area (Å²) in [6, 6.07) is 10.4. The van der Waals surface area contributed by atoms with E-state index in [9.17, 15) is 0 Å². The van der Waals surface area contributed by atoms with Gasteiger partial charge in [-0.05, 0) is 25.5 Å². The first kappa shape index (κ1) is 13.1. The van der Waals surface area contributed by atoms with Crippen molar-refractivity contribution in [2.45, 2.75) is 39.3 Å². The first-order valence-corrected chi connectivity index (χ1v) is 4.94. The van der Waals surface area contributed by atoms with E-state index >= 15 is 0 Å². The third kappa shape index (κ3) is 6.63. The van der Waals surface area contributed by atoms with Gasteiger partial charge in [-0.1, -0.05) is 44.2 Å². The number of hydrogen-bond acceptors (Lipinski definition) is 2. The Morgan fingerprint density at radius 1 is 1.07 bits per heavy atom. The van der Waals surface area contributed by atoms with Crippen molar-refractivity contribution < 1.29 is 0 Å². The van der Waals surface area contributed by atoms with Gasteiger partial charge in [-0.2, -0.15) is 0 Å². The maximum Gasteiger partial charge on any atom is 0.0352 e. The number of hydrogen-bond donors (Lipinski definition) is 2. The molecule has 1 aromatic carbocycles. The van der Waals surface area contributed by atoms with Crippen LogP contribution in [0.25, 0.3) is 0 Å². The van der Waals surface area contributed by atoms with Crippen LogP contribution in [0.15, 0.2) is 30.3 Å². The van der Waals surface area contributed by atoms with E-state index in [1.54, 1.807) is 0 Å². The van der Waals surface area contributed by atoms with E-state index in [1.807, 2.05) is 58.0 Å². The van der Waals surface area contributed by atoms with Crippen molar-refractivity contribution in [3.05, 3.63) is 35.9 Å². The molecule has 4 N–H and O–H groups in total. The lowest BCUT2D eigenvalue weighted by Crippen LogP contribution is -2.28. The molecule has 2 heteroatoms. The molecular formula is C12H22N2. The minimum atomic E-state index is -0.207. The lowest BCUT2D eigenvalue weighted by Gasteiger charge is -2.18. The molecule has 2 nitrogen and oxygen atoms in total. The second kappa shape index (κ2) is 5.78. The van der Waals surface area contributed by atoms with Crippen LogP contribution < -0.4 is 11.5 Å². The predicted molar refractivity (Wildman–Crippen MR) is 63.0 cm³/mol. The SMILES string of the molecule is CC(C)(N)c1ccccc1.CC(C)N. The lowest BCUT2D eigenvalue weighted by molar-refractivity contribution is 0.554. The van der Waals surface area contributed by atoms with Gasteiger partial charge in [0.25, 0.3) is 0 Å². The summed E-state index contributed by atoms with van der Waals surface area (Å²) < 4.78 is 0. The van der Waals surface area contributed by atoms with Gasteiger partial charge in [0.05, 0.1) is 0 Å². The Bertz CT molecular complexity index is 231. The molecular weight excluding hydrogens is 172 g/mol. The van der Waals surface area contributed by atoms with E-state index in [2.05, 4.69) is 0 Å². The summed E-state index contributed by atoms with van der Waals surface area (Å²) in [4.78, 5) is 0. The Labute approximate surface area is 87.3 Å². The topological polar surface area (TPSA) is 52.0 Å². The zero-order valence-electron chi connectivity index (χ0n) is 9.62. The van der Waals surface area contributed by atoms with Crippen molar-refractivity contribution >= 4 is 0 Å². The summed E-state index contributed by atoms with van der Waals surface area (Å²) in [5.41, 5.74) is 11.9. The summed E-state index contributed by atoms with van der Waals surface area (Å²) in [5.74, 6) is 0. The van der Waals surface area contributed by atoms with Crippen molar-refractivity contribution in [1.82, 2.24) is 0 Å². The van der Waals surface area contributed by atoms with Crippen LogP contribution in [0.2, 0.25) is 0 Å². The second-order valence-electron chi connectivity index (χ2n) is 4.33. The molecule has 1 rings (SSSR count). The van der Waals surface area contributed by atoms with Crippen LogP contribution in [0.1, 0.15) is 33.3 Å². The van der Waals surface area contributed by atoms with Gasteiger partial charge < -0.3 is 11.5 Å². The van der Waals surface area contributed by atoms with Crippen LogP contribution >= 0.6 is 0 Å². The minimum absolute atomic E-state index is 0.207. The molecule has 0 amide bonds. The van der Waals surface area contributed by atoms with Crippen molar-refractivity contribution in [1.29, 1.82) is 0 Å². The first-order valence-electron chi connectivity index (χ1n) is 4.94. The van der Waals surface area contributed by atoms with Gasteiger partial charge in [0.1, 0.15) is 0 Å². The largest absolute Gasteiger partial charge is 0.328 e. The summed E-state index contributed by atoms with van der Waals surface area (Å²) in [5, 5.41) is 0. The van der Waals surface area contributed by atoms with E-state index in [0.29, 0.717) is 6.04 Å². The highest BCUT2D eigenvalue weighted by Gasteiger charge is 2.11. The van der Waals surface area contributed by atoms with Crippen LogP contribution in [-0.2, 0) is 5.54 Å². The molecule has 0 aliphatic rings. The van der Waals surface area contributed by atoms with Crippen molar-refractivity contribution in [3.63, 3.8) is 0 Å². The second-order valence-corrected chi connectivity index (χ2v) is 4.33. The molecule has 0 unspecified atom stereocenters. The van der Waals surface area contributed by atoms with Gasteiger partial charge in [-0.3, -0.25) is 0 Å². The van der Waals surface area contributed by atoms with Gasteiger partial charge in [-0.25, -0.2) is 0 Å². The highest BCUT2D eigenvalue weighted by atomic mass is 14.7. The summed E-state index contributed by atoms with van der Waals surface area (Å²) in [6.07, 6.45) is 0. The molecule has 0 saturated carbocycles. The van der Waals surface area contributed by atoms with E-state index in [4.69, 9.17) is 11.5 Å². The number of rotatable bonds is 1. The molecule has 1 aromatic rings. The van der Waals surface area contributed by atoms with Crippen LogP contribution in [-0.4, -0.2) is 6.04 Å². The van der Waals surface area contributed by atoms with Gasteiger partial charge in [0.15, 0.2) is 0 Å². The highest BCUT2D eigenvalue weighted by molar-refractivity contribution is 5.21. The Balaban J connectivity index is 0.000000364. The maximum atomic E-state index is 5.86. The molecule has 0 atom stereocenters. The van der Waals surface area contributed by atoms with Crippen molar-refractivity contribution in [2.75, 3.05) is 0 Å². The highest BCUT2D eigenvalue weighted by Crippen LogP contribution is 2.14. The summed E-state index contributed by atoms with van der Waals surface area (Å²) >= 11 is 0. The summed E-state index contributed by atoms with van der Waals surface area (Å²) in [7, 11) is 0. The fourth-order valence-corrected chi connectivity index (χ4v) is 0.868. The normalized spacial score (nSPS) is 10.8. The quantitative estimate of drug-likeness (QED) is 0.720. The van der Waals surface area contributed by atoms with Gasteiger partial charge in [0, 0.05) is 5.54 Å². The fraction of sp³-hybridized carbons (Fsp3) is 0.500. The standard InChI is InChI=1S/C9H13N.C3H9N/c1-9(2,10)8-6-4-3-5-7-8;1-3(2)4/h3-7H,10H2,1-2H3;3H,4H2,1-2H3. The zero-order valence-corrected chi connectivity index (χ0v) is 9.62. The molecule has 0 bridgehead atoms. The summed E-state index contributed by atoms with van der Waals surface area (Å²) in [6.45, 7) is 7.89. The molecule has 0 aliphatic heterocycles. The van der Waals surface area contributed by atoms with Crippen LogP contribution in [0, 0.1) is 0 Å². The number of nitrogens with two attached hydrogens (primary N) is 2. The molecule has 0 spiro atoms. The molecule has 80 valence electrons. The molecule has 0 saturated heterocycles. The Morgan fingerprint density at radius 3 is 1.64 bits per heavy atom. The Kier molecular flexibility index (Phi) is 5.43. The molecule has 14 heavy (non-hydrogen) atoms. The van der Waals surface area contributed by atoms with E-state index in [0.717, 1.165) is 0 Å². The van der Waals surface area contributed by atoms with E-state index < -0.39 is 0 Å². The van der Waals surface area contributed by atoms with Gasteiger partial charge >= 0.3 is 0 Å². The fourth-order valence-electron chi connectivity index (χ4n) is 0.868. The molecule has 0 fully saturated rings. The van der Waals surface area contributed by atoms with E-state index in [-0.39, 0.29) is 5.54 Å². The molecule has 0 heterocycles. The predicted octanol–water partition coefficient (Wildman–Crippen LogP) is 2.23. The maximum absolute atomic E-state index is 5.86. The third-order valence-electron chi connectivity index (χ3n) is 1.52.